The van der Waals surface area contributed by atoms with E-state index in [1.807, 2.05) is 12.1 Å². The second-order valence-corrected chi connectivity index (χ2v) is 6.30. The number of benzene rings is 1. The monoisotopic (exact) mass is 371 g/mol. The molecule has 0 bridgehead atoms. The van der Waals surface area contributed by atoms with Gasteiger partial charge in [0, 0.05) is 18.0 Å². The zero-order valence-electron chi connectivity index (χ0n) is 13.6. The van der Waals surface area contributed by atoms with E-state index in [2.05, 4.69) is 25.5 Å². The minimum Gasteiger partial charge on any atom is -0.491 e. The number of anilines is 2. The molecule has 4 rings (SSSR count). The van der Waals surface area contributed by atoms with E-state index >= 15 is 0 Å². The van der Waals surface area contributed by atoms with E-state index in [9.17, 15) is 4.39 Å². The standard InChI is InChI=1S/C18H15ClFN5O/c19-14-7-13(24-18-17-15(8-23-25-17)21-10-22-18)4-5-16(14)26-9-11-2-1-3-12(20)6-11/h1-5,7-8,10-11H,6,9H2,(H,23,25)(H,21,22,24). The molecule has 1 atom stereocenters. The Kier molecular flexibility index (Phi) is 4.53. The molecule has 0 fully saturated rings. The van der Waals surface area contributed by atoms with E-state index in [1.165, 1.54) is 12.4 Å². The Morgan fingerprint density at radius 1 is 1.35 bits per heavy atom. The number of nitrogens with zero attached hydrogens (tertiary/aromatic N) is 3. The maximum atomic E-state index is 13.3. The molecule has 26 heavy (non-hydrogen) atoms. The fourth-order valence-electron chi connectivity index (χ4n) is 2.71. The lowest BCUT2D eigenvalue weighted by atomic mass is 10.0. The minimum absolute atomic E-state index is 0.00329. The molecule has 1 aromatic carbocycles. The molecule has 0 spiro atoms. The van der Waals surface area contributed by atoms with Crippen LogP contribution in [0, 0.1) is 5.92 Å². The van der Waals surface area contributed by atoms with Gasteiger partial charge in [0.25, 0.3) is 0 Å². The molecule has 132 valence electrons. The molecule has 0 radical (unpaired) electrons. The van der Waals surface area contributed by atoms with Gasteiger partial charge >= 0.3 is 0 Å². The smallest absolute Gasteiger partial charge is 0.159 e. The molecule has 0 saturated heterocycles. The van der Waals surface area contributed by atoms with Crippen LogP contribution in [-0.4, -0.2) is 26.8 Å². The summed E-state index contributed by atoms with van der Waals surface area (Å²) in [5.74, 6) is 1.02. The number of nitrogens with one attached hydrogen (secondary N) is 2. The topological polar surface area (TPSA) is 75.7 Å². The third kappa shape index (κ3) is 3.52. The average molecular weight is 372 g/mol. The highest BCUT2D eigenvalue weighted by molar-refractivity contribution is 6.32. The summed E-state index contributed by atoms with van der Waals surface area (Å²) in [5.41, 5.74) is 2.18. The van der Waals surface area contributed by atoms with Crippen LogP contribution in [0.2, 0.25) is 5.02 Å². The number of halogens is 2. The number of H-pyrrole nitrogens is 1. The van der Waals surface area contributed by atoms with Crippen LogP contribution in [0.1, 0.15) is 6.42 Å². The van der Waals surface area contributed by atoms with Gasteiger partial charge in [-0.05, 0) is 24.3 Å². The number of fused-ring (bicyclic) bond motifs is 1. The van der Waals surface area contributed by atoms with Crippen molar-refractivity contribution in [1.29, 1.82) is 0 Å². The molecule has 8 heteroatoms. The van der Waals surface area contributed by atoms with Gasteiger partial charge in [0.1, 0.15) is 28.9 Å². The Labute approximate surface area is 153 Å². The van der Waals surface area contributed by atoms with Crippen molar-refractivity contribution >= 4 is 34.1 Å². The van der Waals surface area contributed by atoms with E-state index in [4.69, 9.17) is 16.3 Å². The second-order valence-electron chi connectivity index (χ2n) is 5.90. The van der Waals surface area contributed by atoms with Crippen molar-refractivity contribution < 1.29 is 9.13 Å². The minimum atomic E-state index is -0.137. The van der Waals surface area contributed by atoms with E-state index in [0.29, 0.717) is 35.1 Å². The first-order chi connectivity index (χ1) is 12.7. The summed E-state index contributed by atoms with van der Waals surface area (Å²) in [4.78, 5) is 8.34. The largest absolute Gasteiger partial charge is 0.491 e. The summed E-state index contributed by atoms with van der Waals surface area (Å²) in [7, 11) is 0. The summed E-state index contributed by atoms with van der Waals surface area (Å²) in [6.45, 7) is 0.366. The number of rotatable bonds is 5. The summed E-state index contributed by atoms with van der Waals surface area (Å²) < 4.78 is 19.0. The average Bonchev–Trinajstić information content (AvgIpc) is 3.11. The molecule has 6 nitrogen and oxygen atoms in total. The molecule has 2 aromatic heterocycles. The van der Waals surface area contributed by atoms with Crippen molar-refractivity contribution in [2.75, 3.05) is 11.9 Å². The van der Waals surface area contributed by atoms with Gasteiger partial charge in [0.2, 0.25) is 0 Å². The molecule has 2 N–H and O–H groups in total. The van der Waals surface area contributed by atoms with Gasteiger partial charge in [-0.2, -0.15) is 5.10 Å². The second kappa shape index (κ2) is 7.13. The van der Waals surface area contributed by atoms with Gasteiger partial charge < -0.3 is 10.1 Å². The van der Waals surface area contributed by atoms with Gasteiger partial charge in [0.15, 0.2) is 5.82 Å². The molecule has 1 aliphatic rings. The third-order valence-corrected chi connectivity index (χ3v) is 4.30. The van der Waals surface area contributed by atoms with E-state index < -0.39 is 0 Å². The Morgan fingerprint density at radius 2 is 2.27 bits per heavy atom. The first kappa shape index (κ1) is 16.5. The van der Waals surface area contributed by atoms with Gasteiger partial charge in [-0.1, -0.05) is 23.8 Å². The predicted molar refractivity (Wildman–Crippen MR) is 98.4 cm³/mol. The van der Waals surface area contributed by atoms with E-state index in [-0.39, 0.29) is 11.7 Å². The van der Waals surface area contributed by atoms with Crippen molar-refractivity contribution in [2.45, 2.75) is 6.42 Å². The number of hydrogen-bond acceptors (Lipinski definition) is 5. The number of allylic oxidation sites excluding steroid dienone is 3. The fraction of sp³-hybridized carbons (Fsp3) is 0.167. The fourth-order valence-corrected chi connectivity index (χ4v) is 2.94. The maximum Gasteiger partial charge on any atom is 0.159 e. The molecule has 0 aliphatic heterocycles. The SMILES string of the molecule is FC1=CC=CC(COc2ccc(Nc3ncnc4cn[nH]c34)cc2Cl)C1. The number of aromatic nitrogens is 4. The lowest BCUT2D eigenvalue weighted by Gasteiger charge is -2.16. The van der Waals surface area contributed by atoms with Gasteiger partial charge in [-0.15, -0.1) is 0 Å². The highest BCUT2D eigenvalue weighted by atomic mass is 35.5. The summed E-state index contributed by atoms with van der Waals surface area (Å²) in [6.07, 6.45) is 8.54. The Balaban J connectivity index is 1.45. The molecule has 3 aromatic rings. The van der Waals surface area contributed by atoms with E-state index in [0.717, 1.165) is 11.2 Å². The first-order valence-electron chi connectivity index (χ1n) is 8.05. The number of hydrogen-bond donors (Lipinski definition) is 2. The van der Waals surface area contributed by atoms with Crippen molar-refractivity contribution in [1.82, 2.24) is 20.2 Å². The van der Waals surface area contributed by atoms with Gasteiger partial charge in [-0.3, -0.25) is 5.10 Å². The lowest BCUT2D eigenvalue weighted by Crippen LogP contribution is -2.11. The van der Waals surface area contributed by atoms with Gasteiger partial charge in [0.05, 0.1) is 17.8 Å². The summed E-state index contributed by atoms with van der Waals surface area (Å²) in [6, 6.07) is 5.36. The Hall–Kier alpha value is -2.93. The van der Waals surface area contributed by atoms with Crippen LogP contribution < -0.4 is 10.1 Å². The molecule has 1 aliphatic carbocycles. The molecule has 2 heterocycles. The summed E-state index contributed by atoms with van der Waals surface area (Å²) in [5, 5.41) is 10.5. The van der Waals surface area contributed by atoms with Crippen LogP contribution in [0.3, 0.4) is 0 Å². The van der Waals surface area contributed by atoms with E-state index in [1.54, 1.807) is 24.4 Å². The molecular formula is C18H15ClFN5O. The third-order valence-electron chi connectivity index (χ3n) is 4.00. The number of aromatic amines is 1. The Bertz CT molecular complexity index is 1000. The zero-order valence-corrected chi connectivity index (χ0v) is 14.4. The molecule has 1 unspecified atom stereocenters. The molecular weight excluding hydrogens is 357 g/mol. The normalized spacial score (nSPS) is 16.5. The predicted octanol–water partition coefficient (Wildman–Crippen LogP) is 4.56. The molecule has 0 amide bonds. The van der Waals surface area contributed by atoms with Crippen LogP contribution in [-0.2, 0) is 0 Å². The van der Waals surface area contributed by atoms with Crippen LogP contribution in [0.5, 0.6) is 5.75 Å². The van der Waals surface area contributed by atoms with Crippen molar-refractivity contribution in [3.05, 3.63) is 59.8 Å². The highest BCUT2D eigenvalue weighted by Crippen LogP contribution is 2.31. The molecule has 0 saturated carbocycles. The van der Waals surface area contributed by atoms with Crippen LogP contribution in [0.15, 0.2) is 54.8 Å². The van der Waals surface area contributed by atoms with Crippen molar-refractivity contribution in [3.63, 3.8) is 0 Å². The lowest BCUT2D eigenvalue weighted by molar-refractivity contribution is 0.268. The highest BCUT2D eigenvalue weighted by Gasteiger charge is 2.13. The quantitative estimate of drug-likeness (QED) is 0.687. The van der Waals surface area contributed by atoms with Crippen LogP contribution in [0.4, 0.5) is 15.9 Å². The van der Waals surface area contributed by atoms with Gasteiger partial charge in [-0.25, -0.2) is 14.4 Å². The maximum absolute atomic E-state index is 13.3. The zero-order chi connectivity index (χ0) is 17.9. The van der Waals surface area contributed by atoms with Crippen LogP contribution in [0.25, 0.3) is 11.0 Å². The van der Waals surface area contributed by atoms with Crippen molar-refractivity contribution in [3.8, 4) is 5.75 Å². The summed E-state index contributed by atoms with van der Waals surface area (Å²) >= 11 is 6.32. The first-order valence-corrected chi connectivity index (χ1v) is 8.43. The van der Waals surface area contributed by atoms with Crippen LogP contribution >= 0.6 is 11.6 Å². The van der Waals surface area contributed by atoms with Crippen molar-refractivity contribution in [2.24, 2.45) is 5.92 Å². The Morgan fingerprint density at radius 3 is 3.12 bits per heavy atom. The number of ether oxygens (including phenoxy) is 1.